The Morgan fingerprint density at radius 2 is 1.94 bits per heavy atom. The summed E-state index contributed by atoms with van der Waals surface area (Å²) in [7, 11) is 1.95. The standard InChI is InChI=1S/C14H12N4/c1-18-14(11-4-6-16-7-5-11)12-8-10(9-15)2-3-13(12)17-18/h2-9,15H,1H3/p+1. The van der Waals surface area contributed by atoms with Gasteiger partial charge in [0.25, 0.3) is 0 Å². The maximum absolute atomic E-state index is 5.57. The lowest BCUT2D eigenvalue weighted by Crippen LogP contribution is -2.29. The highest BCUT2D eigenvalue weighted by molar-refractivity contribution is 5.96. The molecule has 88 valence electrons. The average molecular weight is 237 g/mol. The Morgan fingerprint density at radius 3 is 2.67 bits per heavy atom. The Labute approximate surface area is 104 Å². The summed E-state index contributed by atoms with van der Waals surface area (Å²) in [6.45, 7) is 0. The molecule has 18 heavy (non-hydrogen) atoms. The van der Waals surface area contributed by atoms with Gasteiger partial charge in [-0.25, -0.2) is 0 Å². The fourth-order valence-corrected chi connectivity index (χ4v) is 2.17. The first-order valence-corrected chi connectivity index (χ1v) is 5.71. The van der Waals surface area contributed by atoms with Gasteiger partial charge in [-0.2, -0.15) is 5.10 Å². The van der Waals surface area contributed by atoms with E-state index < -0.39 is 0 Å². The van der Waals surface area contributed by atoms with Gasteiger partial charge in [0.15, 0.2) is 6.21 Å². The van der Waals surface area contributed by atoms with Crippen molar-refractivity contribution in [1.82, 2.24) is 14.8 Å². The van der Waals surface area contributed by atoms with Gasteiger partial charge in [0, 0.05) is 36.0 Å². The molecule has 2 aromatic heterocycles. The van der Waals surface area contributed by atoms with Gasteiger partial charge in [-0.1, -0.05) is 0 Å². The molecule has 3 aromatic rings. The lowest BCUT2D eigenvalue weighted by atomic mass is 10.1. The van der Waals surface area contributed by atoms with E-state index in [0.717, 1.165) is 27.7 Å². The highest BCUT2D eigenvalue weighted by Gasteiger charge is 2.11. The number of fused-ring (bicyclic) bond motifs is 1. The molecule has 0 aliphatic heterocycles. The van der Waals surface area contributed by atoms with Gasteiger partial charge in [0.2, 0.25) is 0 Å². The van der Waals surface area contributed by atoms with E-state index in [2.05, 4.69) is 16.1 Å². The van der Waals surface area contributed by atoms with E-state index in [1.165, 1.54) is 0 Å². The lowest BCUT2D eigenvalue weighted by molar-refractivity contribution is -0.104. The summed E-state index contributed by atoms with van der Waals surface area (Å²) in [5, 5.41) is 11.2. The van der Waals surface area contributed by atoms with Gasteiger partial charge in [-0.15, -0.1) is 0 Å². The van der Waals surface area contributed by atoms with Gasteiger partial charge in [-0.05, 0) is 30.3 Å². The zero-order chi connectivity index (χ0) is 12.5. The molecule has 2 N–H and O–H groups in total. The monoisotopic (exact) mass is 237 g/mol. The molecule has 4 nitrogen and oxygen atoms in total. The molecular weight excluding hydrogens is 224 g/mol. The molecule has 0 radical (unpaired) electrons. The van der Waals surface area contributed by atoms with E-state index in [-0.39, 0.29) is 0 Å². The van der Waals surface area contributed by atoms with Crippen LogP contribution in [0.4, 0.5) is 0 Å². The first kappa shape index (κ1) is 10.7. The molecule has 1 aromatic carbocycles. The molecule has 0 spiro atoms. The fourth-order valence-electron chi connectivity index (χ4n) is 2.17. The van der Waals surface area contributed by atoms with Crippen LogP contribution >= 0.6 is 0 Å². The van der Waals surface area contributed by atoms with Gasteiger partial charge < -0.3 is 0 Å². The summed E-state index contributed by atoms with van der Waals surface area (Å²) < 4.78 is 1.89. The summed E-state index contributed by atoms with van der Waals surface area (Å²) in [6, 6.07) is 9.97. The number of aromatic nitrogens is 3. The van der Waals surface area contributed by atoms with E-state index in [0.29, 0.717) is 0 Å². The van der Waals surface area contributed by atoms with Crippen LogP contribution in [0, 0.1) is 0 Å². The van der Waals surface area contributed by atoms with Crippen LogP contribution < -0.4 is 5.41 Å². The number of pyridine rings is 1. The maximum atomic E-state index is 5.57. The molecule has 0 unspecified atom stereocenters. The Morgan fingerprint density at radius 1 is 1.17 bits per heavy atom. The summed E-state index contributed by atoms with van der Waals surface area (Å²) in [5.74, 6) is 0. The van der Waals surface area contributed by atoms with Crippen LogP contribution in [0.5, 0.6) is 0 Å². The van der Waals surface area contributed by atoms with E-state index >= 15 is 0 Å². The topological polar surface area (TPSA) is 56.3 Å². The van der Waals surface area contributed by atoms with Crippen LogP contribution in [0.2, 0.25) is 0 Å². The summed E-state index contributed by atoms with van der Waals surface area (Å²) in [6.07, 6.45) is 5.17. The first-order valence-electron chi connectivity index (χ1n) is 5.71. The predicted octanol–water partition coefficient (Wildman–Crippen LogP) is 0.813. The van der Waals surface area contributed by atoms with Crippen molar-refractivity contribution >= 4 is 17.1 Å². The average Bonchev–Trinajstić information content (AvgIpc) is 2.74. The molecule has 0 saturated carbocycles. The van der Waals surface area contributed by atoms with Crippen molar-refractivity contribution < 1.29 is 5.41 Å². The smallest absolute Gasteiger partial charge is 0.167 e. The molecule has 0 amide bonds. The molecule has 0 aliphatic carbocycles. The normalized spacial score (nSPS) is 10.7. The molecule has 0 atom stereocenters. The number of nitrogens with two attached hydrogens (primary N) is 1. The molecule has 0 saturated heterocycles. The zero-order valence-corrected chi connectivity index (χ0v) is 10.0. The van der Waals surface area contributed by atoms with Crippen molar-refractivity contribution in [3.05, 3.63) is 48.3 Å². The molecule has 0 aliphatic rings. The molecule has 3 rings (SSSR count). The molecular formula is C14H13N4+. The Bertz CT molecular complexity index is 713. The van der Waals surface area contributed by atoms with Crippen molar-refractivity contribution in [1.29, 1.82) is 0 Å². The number of hydrogen-bond acceptors (Lipinski definition) is 2. The Kier molecular flexibility index (Phi) is 2.41. The summed E-state index contributed by atoms with van der Waals surface area (Å²) >= 11 is 0. The number of hydrogen-bond donors (Lipinski definition) is 1. The predicted molar refractivity (Wildman–Crippen MR) is 71.0 cm³/mol. The minimum Gasteiger partial charge on any atom is -0.267 e. The second-order valence-electron chi connectivity index (χ2n) is 4.15. The summed E-state index contributed by atoms with van der Waals surface area (Å²) in [4.78, 5) is 4.04. The van der Waals surface area contributed by atoms with Gasteiger partial charge in [0.05, 0.1) is 11.2 Å². The van der Waals surface area contributed by atoms with E-state index in [4.69, 9.17) is 5.41 Å². The second kappa shape index (κ2) is 4.07. The Hall–Kier alpha value is -2.49. The lowest BCUT2D eigenvalue weighted by Gasteiger charge is -2.02. The molecule has 2 heterocycles. The van der Waals surface area contributed by atoms with Crippen molar-refractivity contribution in [2.75, 3.05) is 0 Å². The minimum absolute atomic E-state index is 0.968. The van der Waals surface area contributed by atoms with Crippen LogP contribution in [0.15, 0.2) is 42.7 Å². The van der Waals surface area contributed by atoms with Gasteiger partial charge in [0.1, 0.15) is 0 Å². The number of benzene rings is 1. The van der Waals surface area contributed by atoms with Crippen molar-refractivity contribution in [2.45, 2.75) is 0 Å². The third-order valence-corrected chi connectivity index (χ3v) is 3.00. The third-order valence-electron chi connectivity index (χ3n) is 3.00. The van der Waals surface area contributed by atoms with E-state index in [9.17, 15) is 0 Å². The van der Waals surface area contributed by atoms with Crippen LogP contribution in [0.25, 0.3) is 22.2 Å². The van der Waals surface area contributed by atoms with Crippen molar-refractivity contribution in [3.8, 4) is 11.3 Å². The largest absolute Gasteiger partial charge is 0.267 e. The maximum Gasteiger partial charge on any atom is 0.167 e. The van der Waals surface area contributed by atoms with Crippen LogP contribution in [-0.4, -0.2) is 21.0 Å². The SMILES string of the molecule is Cn1nc2ccc(C=[NH2+])cc2c1-c1ccncc1. The third kappa shape index (κ3) is 1.59. The number of rotatable bonds is 2. The van der Waals surface area contributed by atoms with Gasteiger partial charge in [-0.3, -0.25) is 15.1 Å². The van der Waals surface area contributed by atoms with Crippen LogP contribution in [-0.2, 0) is 7.05 Å². The Balaban J connectivity index is 2.34. The highest BCUT2D eigenvalue weighted by Crippen LogP contribution is 2.28. The second-order valence-corrected chi connectivity index (χ2v) is 4.15. The van der Waals surface area contributed by atoms with Crippen molar-refractivity contribution in [3.63, 3.8) is 0 Å². The van der Waals surface area contributed by atoms with Crippen LogP contribution in [0.3, 0.4) is 0 Å². The molecule has 0 fully saturated rings. The highest BCUT2D eigenvalue weighted by atomic mass is 15.3. The minimum atomic E-state index is 0.968. The molecule has 4 heteroatoms. The molecule has 0 bridgehead atoms. The first-order chi connectivity index (χ1) is 8.79. The van der Waals surface area contributed by atoms with E-state index in [1.54, 1.807) is 18.6 Å². The van der Waals surface area contributed by atoms with Crippen molar-refractivity contribution in [2.24, 2.45) is 7.05 Å². The quantitative estimate of drug-likeness (QED) is 0.671. The van der Waals surface area contributed by atoms with Crippen LogP contribution in [0.1, 0.15) is 5.56 Å². The fraction of sp³-hybridized carbons (Fsp3) is 0.0714. The number of aryl methyl sites for hydroxylation is 1. The van der Waals surface area contributed by atoms with E-state index in [1.807, 2.05) is 36.0 Å². The van der Waals surface area contributed by atoms with Gasteiger partial charge >= 0.3 is 0 Å². The zero-order valence-electron chi connectivity index (χ0n) is 10.0. The summed E-state index contributed by atoms with van der Waals surface area (Å²) in [5.41, 5.74) is 4.14. The number of nitrogens with zero attached hydrogens (tertiary/aromatic N) is 3.